The Morgan fingerprint density at radius 1 is 1.03 bits per heavy atom. The molecule has 1 saturated heterocycles. The van der Waals surface area contributed by atoms with Crippen LogP contribution in [0.25, 0.3) is 0 Å². The smallest absolute Gasteiger partial charge is 0.243 e. The topological polar surface area (TPSA) is 69.7 Å². The number of hydrogen-bond donors (Lipinski definition) is 1. The van der Waals surface area contributed by atoms with Gasteiger partial charge in [0.1, 0.15) is 0 Å². The summed E-state index contributed by atoms with van der Waals surface area (Å²) < 4.78 is 27.1. The maximum atomic E-state index is 12.8. The standard InChI is InChI=1S/C23H31N3O3S/c1-18-4-10-22(11-5-18)30(28,29)26-16-13-20(14-17-26)23(27)24-21-8-6-19(7-9-21)12-15-25(2)3/h4-11,20H,12-17H2,1-3H3,(H,24,27). The lowest BCUT2D eigenvalue weighted by Crippen LogP contribution is -2.41. The van der Waals surface area contributed by atoms with Gasteiger partial charge in [0.15, 0.2) is 0 Å². The van der Waals surface area contributed by atoms with Crippen molar-refractivity contribution < 1.29 is 13.2 Å². The number of nitrogens with zero attached hydrogens (tertiary/aromatic N) is 2. The fourth-order valence-corrected chi connectivity index (χ4v) is 5.04. The molecule has 1 aliphatic heterocycles. The van der Waals surface area contributed by atoms with Crippen molar-refractivity contribution in [3.05, 3.63) is 59.7 Å². The molecular formula is C23H31N3O3S. The lowest BCUT2D eigenvalue weighted by atomic mass is 9.97. The van der Waals surface area contributed by atoms with Gasteiger partial charge in [0.25, 0.3) is 0 Å². The molecule has 2 aromatic carbocycles. The molecule has 0 bridgehead atoms. The first kappa shape index (κ1) is 22.5. The van der Waals surface area contributed by atoms with Crippen LogP contribution in [0.15, 0.2) is 53.4 Å². The van der Waals surface area contributed by atoms with Crippen molar-refractivity contribution in [3.63, 3.8) is 0 Å². The normalized spacial score (nSPS) is 16.0. The summed E-state index contributed by atoms with van der Waals surface area (Å²) in [5.41, 5.74) is 3.04. The Morgan fingerprint density at radius 3 is 2.20 bits per heavy atom. The maximum Gasteiger partial charge on any atom is 0.243 e. The zero-order valence-corrected chi connectivity index (χ0v) is 18.8. The molecule has 162 valence electrons. The highest BCUT2D eigenvalue weighted by atomic mass is 32.2. The zero-order chi connectivity index (χ0) is 21.7. The molecule has 0 radical (unpaired) electrons. The van der Waals surface area contributed by atoms with E-state index in [-0.39, 0.29) is 11.8 Å². The number of amides is 1. The molecule has 0 aliphatic carbocycles. The van der Waals surface area contributed by atoms with Crippen LogP contribution in [0.4, 0.5) is 5.69 Å². The van der Waals surface area contributed by atoms with Gasteiger partial charge in [0, 0.05) is 31.2 Å². The largest absolute Gasteiger partial charge is 0.326 e. The molecule has 0 saturated carbocycles. The van der Waals surface area contributed by atoms with Gasteiger partial charge in [0.05, 0.1) is 4.90 Å². The van der Waals surface area contributed by atoms with Crippen LogP contribution in [-0.4, -0.2) is 57.3 Å². The number of aryl methyl sites for hydroxylation is 1. The lowest BCUT2D eigenvalue weighted by Gasteiger charge is -2.30. The number of benzene rings is 2. The quantitative estimate of drug-likeness (QED) is 0.734. The molecule has 1 heterocycles. The zero-order valence-electron chi connectivity index (χ0n) is 18.0. The summed E-state index contributed by atoms with van der Waals surface area (Å²) in [4.78, 5) is 15.1. The van der Waals surface area contributed by atoms with E-state index in [1.165, 1.54) is 9.87 Å². The van der Waals surface area contributed by atoms with Crippen molar-refractivity contribution in [3.8, 4) is 0 Å². The van der Waals surface area contributed by atoms with Gasteiger partial charge in [-0.1, -0.05) is 29.8 Å². The monoisotopic (exact) mass is 429 g/mol. The summed E-state index contributed by atoms with van der Waals surface area (Å²) in [6.45, 7) is 3.63. The van der Waals surface area contributed by atoms with Crippen molar-refractivity contribution in [2.24, 2.45) is 5.92 Å². The van der Waals surface area contributed by atoms with Crippen LogP contribution in [0, 0.1) is 12.8 Å². The third-order valence-corrected chi connectivity index (χ3v) is 7.47. The SMILES string of the molecule is Cc1ccc(S(=O)(=O)N2CCC(C(=O)Nc3ccc(CCN(C)C)cc3)CC2)cc1. The Balaban J connectivity index is 1.53. The summed E-state index contributed by atoms with van der Waals surface area (Å²) in [7, 11) is 0.590. The second-order valence-corrected chi connectivity index (χ2v) is 10.2. The highest BCUT2D eigenvalue weighted by Crippen LogP contribution is 2.25. The summed E-state index contributed by atoms with van der Waals surface area (Å²) in [6.07, 6.45) is 2.02. The summed E-state index contributed by atoms with van der Waals surface area (Å²) >= 11 is 0. The molecule has 2 aromatic rings. The van der Waals surface area contributed by atoms with Gasteiger partial charge in [-0.15, -0.1) is 0 Å². The van der Waals surface area contributed by atoms with Crippen molar-refractivity contribution in [1.29, 1.82) is 0 Å². The number of nitrogens with one attached hydrogen (secondary N) is 1. The predicted molar refractivity (Wildman–Crippen MR) is 120 cm³/mol. The molecule has 0 spiro atoms. The summed E-state index contributed by atoms with van der Waals surface area (Å²) in [5, 5.41) is 2.98. The molecule has 30 heavy (non-hydrogen) atoms. The predicted octanol–water partition coefficient (Wildman–Crippen LogP) is 3.14. The number of anilines is 1. The second-order valence-electron chi connectivity index (χ2n) is 8.23. The Morgan fingerprint density at radius 2 is 1.63 bits per heavy atom. The lowest BCUT2D eigenvalue weighted by molar-refractivity contribution is -0.120. The second kappa shape index (κ2) is 9.73. The molecule has 1 fully saturated rings. The molecule has 1 amide bonds. The molecule has 0 unspecified atom stereocenters. The first-order valence-electron chi connectivity index (χ1n) is 10.4. The molecule has 0 aromatic heterocycles. The van der Waals surface area contributed by atoms with Crippen molar-refractivity contribution >= 4 is 21.6 Å². The van der Waals surface area contributed by atoms with Crippen molar-refractivity contribution in [2.45, 2.75) is 31.1 Å². The van der Waals surface area contributed by atoms with Crippen LogP contribution in [0.5, 0.6) is 0 Å². The van der Waals surface area contributed by atoms with E-state index in [9.17, 15) is 13.2 Å². The molecule has 0 atom stereocenters. The third kappa shape index (κ3) is 5.68. The van der Waals surface area contributed by atoms with Crippen molar-refractivity contribution in [2.75, 3.05) is 39.0 Å². The number of likely N-dealkylation sites (N-methyl/N-ethyl adjacent to an activating group) is 1. The first-order chi connectivity index (χ1) is 14.3. The van der Waals surface area contributed by atoms with Gasteiger partial charge in [-0.3, -0.25) is 4.79 Å². The van der Waals surface area contributed by atoms with Crippen LogP contribution in [-0.2, 0) is 21.2 Å². The first-order valence-corrected chi connectivity index (χ1v) is 11.8. The number of carbonyl (C=O) groups is 1. The number of hydrogen-bond acceptors (Lipinski definition) is 4. The average Bonchev–Trinajstić information content (AvgIpc) is 2.73. The average molecular weight is 430 g/mol. The van der Waals surface area contributed by atoms with Crippen LogP contribution in [0.1, 0.15) is 24.0 Å². The molecule has 6 nitrogen and oxygen atoms in total. The van der Waals surface area contributed by atoms with E-state index < -0.39 is 10.0 Å². The van der Waals surface area contributed by atoms with Gasteiger partial charge >= 0.3 is 0 Å². The van der Waals surface area contributed by atoms with E-state index in [1.54, 1.807) is 24.3 Å². The third-order valence-electron chi connectivity index (χ3n) is 5.55. The summed E-state index contributed by atoms with van der Waals surface area (Å²) in [5.74, 6) is -0.216. The van der Waals surface area contributed by atoms with Gasteiger partial charge < -0.3 is 10.2 Å². The number of piperidine rings is 1. The highest BCUT2D eigenvalue weighted by molar-refractivity contribution is 7.89. The minimum atomic E-state index is -3.51. The van der Waals surface area contributed by atoms with E-state index in [0.29, 0.717) is 30.8 Å². The van der Waals surface area contributed by atoms with E-state index in [1.807, 2.05) is 45.3 Å². The van der Waals surface area contributed by atoms with E-state index in [4.69, 9.17) is 0 Å². The van der Waals surface area contributed by atoms with Gasteiger partial charge in [-0.2, -0.15) is 4.31 Å². The number of rotatable bonds is 7. The van der Waals surface area contributed by atoms with Crippen LogP contribution in [0.3, 0.4) is 0 Å². The molecule has 7 heteroatoms. The Hall–Kier alpha value is -2.22. The van der Waals surface area contributed by atoms with Crippen LogP contribution < -0.4 is 5.32 Å². The molecule has 1 N–H and O–H groups in total. The molecule has 3 rings (SSSR count). The molecule has 1 aliphatic rings. The minimum Gasteiger partial charge on any atom is -0.326 e. The van der Waals surface area contributed by atoms with E-state index in [2.05, 4.69) is 10.2 Å². The highest BCUT2D eigenvalue weighted by Gasteiger charge is 2.32. The molecular weight excluding hydrogens is 398 g/mol. The maximum absolute atomic E-state index is 12.8. The van der Waals surface area contributed by atoms with Gasteiger partial charge in [0.2, 0.25) is 15.9 Å². The van der Waals surface area contributed by atoms with Crippen LogP contribution >= 0.6 is 0 Å². The Labute approximate surface area is 179 Å². The van der Waals surface area contributed by atoms with E-state index in [0.717, 1.165) is 24.2 Å². The Bertz CT molecular complexity index is 946. The Kier molecular flexibility index (Phi) is 7.28. The summed E-state index contributed by atoms with van der Waals surface area (Å²) in [6, 6.07) is 14.8. The van der Waals surface area contributed by atoms with Gasteiger partial charge in [-0.05, 0) is 70.1 Å². The fourth-order valence-electron chi connectivity index (χ4n) is 3.57. The van der Waals surface area contributed by atoms with Crippen LogP contribution in [0.2, 0.25) is 0 Å². The van der Waals surface area contributed by atoms with Crippen molar-refractivity contribution in [1.82, 2.24) is 9.21 Å². The van der Waals surface area contributed by atoms with E-state index >= 15 is 0 Å². The fraction of sp³-hybridized carbons (Fsp3) is 0.435. The minimum absolute atomic E-state index is 0.0385. The number of carbonyl (C=O) groups excluding carboxylic acids is 1. The number of sulfonamides is 1. The van der Waals surface area contributed by atoms with Gasteiger partial charge in [-0.25, -0.2) is 8.42 Å².